The third-order valence-corrected chi connectivity index (χ3v) is 3.95. The van der Waals surface area contributed by atoms with Crippen molar-refractivity contribution in [2.45, 2.75) is 26.2 Å². The molecule has 0 saturated carbocycles. The first kappa shape index (κ1) is 12.4. The smallest absolute Gasteiger partial charge is 0.198 e. The number of rotatable bonds is 3. The van der Waals surface area contributed by atoms with Crippen molar-refractivity contribution in [1.29, 1.82) is 0 Å². The zero-order valence-electron chi connectivity index (χ0n) is 11.2. The third kappa shape index (κ3) is 2.56. The van der Waals surface area contributed by atoms with Gasteiger partial charge in [-0.1, -0.05) is 18.2 Å². The minimum atomic E-state index is 0.141. The van der Waals surface area contributed by atoms with Gasteiger partial charge in [-0.25, -0.2) is 0 Å². The van der Waals surface area contributed by atoms with Gasteiger partial charge < -0.3 is 9.73 Å². The molecule has 0 unspecified atom stereocenters. The van der Waals surface area contributed by atoms with Crippen molar-refractivity contribution in [3.8, 4) is 0 Å². The molecule has 19 heavy (non-hydrogen) atoms. The van der Waals surface area contributed by atoms with E-state index >= 15 is 0 Å². The Labute approximate surface area is 113 Å². The standard InChI is InChI=1S/C16H19NO2/c1-11-3-2-4-13-10-15(19-16(11)13)14(18)9-12-5-7-17-8-6-12/h2-4,10,12,17H,5-9H2,1H3. The van der Waals surface area contributed by atoms with Gasteiger partial charge in [0.2, 0.25) is 0 Å². The molecule has 3 rings (SSSR count). The van der Waals surface area contributed by atoms with Crippen LogP contribution in [0.1, 0.15) is 35.4 Å². The van der Waals surface area contributed by atoms with Crippen molar-refractivity contribution in [2.75, 3.05) is 13.1 Å². The summed E-state index contributed by atoms with van der Waals surface area (Å²) < 4.78 is 5.74. The van der Waals surface area contributed by atoms with E-state index in [4.69, 9.17) is 4.42 Å². The number of para-hydroxylation sites is 1. The molecule has 0 atom stereocenters. The molecule has 0 radical (unpaired) electrons. The quantitative estimate of drug-likeness (QED) is 0.858. The Morgan fingerprint density at radius 1 is 1.37 bits per heavy atom. The maximum Gasteiger partial charge on any atom is 0.198 e. The Balaban J connectivity index is 1.79. The number of piperidine rings is 1. The van der Waals surface area contributed by atoms with Crippen molar-refractivity contribution in [3.63, 3.8) is 0 Å². The molecule has 1 aromatic carbocycles. The van der Waals surface area contributed by atoms with E-state index in [9.17, 15) is 4.79 Å². The summed E-state index contributed by atoms with van der Waals surface area (Å²) in [6.07, 6.45) is 2.79. The third-order valence-electron chi connectivity index (χ3n) is 3.95. The van der Waals surface area contributed by atoms with E-state index in [-0.39, 0.29) is 5.78 Å². The first-order chi connectivity index (χ1) is 9.24. The van der Waals surface area contributed by atoms with E-state index in [1.54, 1.807) is 0 Å². The molecule has 0 amide bonds. The van der Waals surface area contributed by atoms with Crippen molar-refractivity contribution < 1.29 is 9.21 Å². The van der Waals surface area contributed by atoms with Crippen LogP contribution in [0.4, 0.5) is 0 Å². The molecule has 1 fully saturated rings. The molecular formula is C16H19NO2. The Morgan fingerprint density at radius 3 is 2.89 bits per heavy atom. The molecule has 100 valence electrons. The lowest BCUT2D eigenvalue weighted by molar-refractivity contribution is 0.0927. The molecule has 0 bridgehead atoms. The number of ketones is 1. The maximum absolute atomic E-state index is 12.3. The molecule has 3 nitrogen and oxygen atoms in total. The lowest BCUT2D eigenvalue weighted by atomic mass is 9.92. The van der Waals surface area contributed by atoms with E-state index < -0.39 is 0 Å². The van der Waals surface area contributed by atoms with Crippen LogP contribution < -0.4 is 5.32 Å². The molecule has 1 saturated heterocycles. The molecule has 1 N–H and O–H groups in total. The second kappa shape index (κ2) is 5.17. The summed E-state index contributed by atoms with van der Waals surface area (Å²) in [5.41, 5.74) is 1.93. The van der Waals surface area contributed by atoms with Gasteiger partial charge in [0, 0.05) is 11.8 Å². The van der Waals surface area contributed by atoms with Gasteiger partial charge in [0.1, 0.15) is 5.58 Å². The Bertz CT molecular complexity index is 594. The summed E-state index contributed by atoms with van der Waals surface area (Å²) in [4.78, 5) is 12.3. The van der Waals surface area contributed by atoms with Crippen LogP contribution in [0.15, 0.2) is 28.7 Å². The van der Waals surface area contributed by atoms with E-state index in [0.29, 0.717) is 18.1 Å². The van der Waals surface area contributed by atoms with Gasteiger partial charge in [0.25, 0.3) is 0 Å². The van der Waals surface area contributed by atoms with Crippen LogP contribution in [-0.4, -0.2) is 18.9 Å². The summed E-state index contributed by atoms with van der Waals surface area (Å²) in [6, 6.07) is 7.88. The van der Waals surface area contributed by atoms with Crippen LogP contribution >= 0.6 is 0 Å². The number of aryl methyl sites for hydroxylation is 1. The van der Waals surface area contributed by atoms with Gasteiger partial charge in [-0.15, -0.1) is 0 Å². The monoisotopic (exact) mass is 257 g/mol. The predicted octanol–water partition coefficient (Wildman–Crippen LogP) is 3.31. The predicted molar refractivity (Wildman–Crippen MR) is 75.5 cm³/mol. The Kier molecular flexibility index (Phi) is 3.38. The van der Waals surface area contributed by atoms with Gasteiger partial charge in [-0.2, -0.15) is 0 Å². The van der Waals surface area contributed by atoms with Gasteiger partial charge in [-0.05, 0) is 50.4 Å². The maximum atomic E-state index is 12.3. The van der Waals surface area contributed by atoms with Gasteiger partial charge >= 0.3 is 0 Å². The molecule has 2 aromatic rings. The first-order valence-electron chi connectivity index (χ1n) is 6.97. The van der Waals surface area contributed by atoms with Crippen LogP contribution in [0.5, 0.6) is 0 Å². The minimum Gasteiger partial charge on any atom is -0.453 e. The van der Waals surface area contributed by atoms with Crippen LogP contribution in [0, 0.1) is 12.8 Å². The largest absolute Gasteiger partial charge is 0.453 e. The van der Waals surface area contributed by atoms with Crippen molar-refractivity contribution >= 4 is 16.8 Å². The van der Waals surface area contributed by atoms with E-state index in [1.807, 2.05) is 31.2 Å². The second-order valence-electron chi connectivity index (χ2n) is 5.42. The number of hydrogen-bond acceptors (Lipinski definition) is 3. The van der Waals surface area contributed by atoms with Crippen LogP contribution in [0.2, 0.25) is 0 Å². The highest BCUT2D eigenvalue weighted by molar-refractivity contribution is 5.98. The number of carbonyl (C=O) groups is 1. The highest BCUT2D eigenvalue weighted by Gasteiger charge is 2.20. The number of furan rings is 1. The van der Waals surface area contributed by atoms with Crippen LogP contribution in [0.25, 0.3) is 11.0 Å². The number of benzene rings is 1. The zero-order chi connectivity index (χ0) is 13.2. The fraction of sp³-hybridized carbons (Fsp3) is 0.438. The summed E-state index contributed by atoms with van der Waals surface area (Å²) in [5.74, 6) is 1.16. The van der Waals surface area contributed by atoms with E-state index in [0.717, 1.165) is 42.5 Å². The Morgan fingerprint density at radius 2 is 2.16 bits per heavy atom. The second-order valence-corrected chi connectivity index (χ2v) is 5.42. The summed E-state index contributed by atoms with van der Waals surface area (Å²) in [7, 11) is 0. The first-order valence-corrected chi connectivity index (χ1v) is 6.97. The average molecular weight is 257 g/mol. The fourth-order valence-electron chi connectivity index (χ4n) is 2.79. The fourth-order valence-corrected chi connectivity index (χ4v) is 2.79. The topological polar surface area (TPSA) is 42.2 Å². The average Bonchev–Trinajstić information content (AvgIpc) is 2.85. The molecule has 1 aromatic heterocycles. The Hall–Kier alpha value is -1.61. The lowest BCUT2D eigenvalue weighted by Crippen LogP contribution is -2.28. The summed E-state index contributed by atoms with van der Waals surface area (Å²) in [6.45, 7) is 4.06. The number of carbonyl (C=O) groups excluding carboxylic acids is 1. The van der Waals surface area contributed by atoms with Gasteiger partial charge in [0.15, 0.2) is 11.5 Å². The molecular weight excluding hydrogens is 238 g/mol. The van der Waals surface area contributed by atoms with Crippen molar-refractivity contribution in [2.24, 2.45) is 5.92 Å². The molecule has 1 aliphatic heterocycles. The molecule has 0 spiro atoms. The summed E-state index contributed by atoms with van der Waals surface area (Å²) >= 11 is 0. The minimum absolute atomic E-state index is 0.141. The summed E-state index contributed by atoms with van der Waals surface area (Å²) in [5, 5.41) is 4.34. The highest BCUT2D eigenvalue weighted by Crippen LogP contribution is 2.25. The highest BCUT2D eigenvalue weighted by atomic mass is 16.3. The zero-order valence-corrected chi connectivity index (χ0v) is 11.2. The van der Waals surface area contributed by atoms with E-state index in [2.05, 4.69) is 5.32 Å². The van der Waals surface area contributed by atoms with Crippen molar-refractivity contribution in [3.05, 3.63) is 35.6 Å². The molecule has 2 heterocycles. The molecule has 3 heteroatoms. The van der Waals surface area contributed by atoms with Gasteiger partial charge in [0.05, 0.1) is 0 Å². The van der Waals surface area contributed by atoms with Crippen LogP contribution in [0.3, 0.4) is 0 Å². The van der Waals surface area contributed by atoms with Gasteiger partial charge in [-0.3, -0.25) is 4.79 Å². The number of Topliss-reactive ketones (excluding diaryl/α,β-unsaturated/α-hetero) is 1. The number of hydrogen-bond donors (Lipinski definition) is 1. The number of nitrogens with one attached hydrogen (secondary N) is 1. The lowest BCUT2D eigenvalue weighted by Gasteiger charge is -2.21. The SMILES string of the molecule is Cc1cccc2cc(C(=O)CC3CCNCC3)oc12. The van der Waals surface area contributed by atoms with E-state index in [1.165, 1.54) is 0 Å². The van der Waals surface area contributed by atoms with Crippen LogP contribution in [-0.2, 0) is 0 Å². The van der Waals surface area contributed by atoms with Crippen molar-refractivity contribution in [1.82, 2.24) is 5.32 Å². The molecule has 0 aliphatic carbocycles. The normalized spacial score (nSPS) is 16.9. The molecule has 1 aliphatic rings. The number of fused-ring (bicyclic) bond motifs is 1.